The van der Waals surface area contributed by atoms with Gasteiger partial charge in [-0.3, -0.25) is 0 Å². The van der Waals surface area contributed by atoms with Crippen molar-refractivity contribution < 1.29 is 9.18 Å². The zero-order valence-corrected chi connectivity index (χ0v) is 11.5. The lowest BCUT2D eigenvalue weighted by molar-refractivity contribution is 0.249. The molecule has 0 aliphatic carbocycles. The van der Waals surface area contributed by atoms with Crippen LogP contribution in [0.5, 0.6) is 0 Å². The standard InChI is InChI=1S/C16H17FN2O/c1-11-8-9-15(14(17)10-11)19-16(20)18-12(2)13-6-4-3-5-7-13/h3-10,12H,1-2H3,(H2,18,19,20)/t12-/m0/s1. The first kappa shape index (κ1) is 14.1. The van der Waals surface area contributed by atoms with Crippen molar-refractivity contribution in [3.63, 3.8) is 0 Å². The summed E-state index contributed by atoms with van der Waals surface area (Å²) in [7, 11) is 0. The molecule has 0 unspecified atom stereocenters. The van der Waals surface area contributed by atoms with Crippen LogP contribution in [0.3, 0.4) is 0 Å². The minimum atomic E-state index is -0.437. The molecular formula is C16H17FN2O. The zero-order valence-electron chi connectivity index (χ0n) is 11.5. The van der Waals surface area contributed by atoms with Crippen molar-refractivity contribution >= 4 is 11.7 Å². The number of hydrogen-bond acceptors (Lipinski definition) is 1. The average molecular weight is 272 g/mol. The monoisotopic (exact) mass is 272 g/mol. The maximum Gasteiger partial charge on any atom is 0.319 e. The molecule has 0 heterocycles. The number of benzene rings is 2. The van der Waals surface area contributed by atoms with E-state index < -0.39 is 11.8 Å². The first-order valence-corrected chi connectivity index (χ1v) is 6.45. The number of aryl methyl sites for hydroxylation is 1. The summed E-state index contributed by atoms with van der Waals surface area (Å²) in [4.78, 5) is 11.8. The van der Waals surface area contributed by atoms with E-state index in [1.54, 1.807) is 19.1 Å². The van der Waals surface area contributed by atoms with Crippen LogP contribution in [0.1, 0.15) is 24.1 Å². The average Bonchev–Trinajstić information content (AvgIpc) is 2.43. The molecule has 0 bridgehead atoms. The summed E-state index contributed by atoms with van der Waals surface area (Å²) in [5, 5.41) is 5.28. The van der Waals surface area contributed by atoms with Crippen LogP contribution >= 0.6 is 0 Å². The highest BCUT2D eigenvalue weighted by molar-refractivity contribution is 5.89. The van der Waals surface area contributed by atoms with Gasteiger partial charge in [0, 0.05) is 0 Å². The third kappa shape index (κ3) is 3.57. The smallest absolute Gasteiger partial charge is 0.319 e. The minimum Gasteiger partial charge on any atom is -0.331 e. The molecule has 2 aromatic carbocycles. The maximum atomic E-state index is 13.6. The Morgan fingerprint density at radius 2 is 1.85 bits per heavy atom. The van der Waals surface area contributed by atoms with E-state index >= 15 is 0 Å². The lowest BCUT2D eigenvalue weighted by Crippen LogP contribution is -2.31. The van der Waals surface area contributed by atoms with Crippen LogP contribution in [0.25, 0.3) is 0 Å². The molecule has 3 nitrogen and oxygen atoms in total. The third-order valence-corrected chi connectivity index (χ3v) is 3.02. The Bertz CT molecular complexity index is 599. The van der Waals surface area contributed by atoms with Gasteiger partial charge in [0.05, 0.1) is 11.7 Å². The summed E-state index contributed by atoms with van der Waals surface area (Å²) in [5.74, 6) is -0.437. The minimum absolute atomic E-state index is 0.148. The van der Waals surface area contributed by atoms with Crippen LogP contribution in [-0.2, 0) is 0 Å². The number of rotatable bonds is 3. The molecule has 0 aliphatic rings. The van der Waals surface area contributed by atoms with Crippen LogP contribution in [-0.4, -0.2) is 6.03 Å². The molecule has 104 valence electrons. The predicted octanol–water partition coefficient (Wildman–Crippen LogP) is 4.02. The quantitative estimate of drug-likeness (QED) is 0.870. The fraction of sp³-hybridized carbons (Fsp3) is 0.188. The highest BCUT2D eigenvalue weighted by Gasteiger charge is 2.11. The first-order valence-electron chi connectivity index (χ1n) is 6.45. The molecule has 4 heteroatoms. The number of urea groups is 1. The second-order valence-electron chi connectivity index (χ2n) is 4.71. The van der Waals surface area contributed by atoms with E-state index in [0.717, 1.165) is 11.1 Å². The summed E-state index contributed by atoms with van der Waals surface area (Å²) in [6, 6.07) is 13.7. The normalized spacial score (nSPS) is 11.8. The second kappa shape index (κ2) is 6.19. The van der Waals surface area contributed by atoms with Crippen LogP contribution in [0.15, 0.2) is 48.5 Å². The van der Waals surface area contributed by atoms with Gasteiger partial charge in [-0.15, -0.1) is 0 Å². The van der Waals surface area contributed by atoms with E-state index in [1.807, 2.05) is 37.3 Å². The van der Waals surface area contributed by atoms with Crippen molar-refractivity contribution in [2.45, 2.75) is 19.9 Å². The van der Waals surface area contributed by atoms with Crippen LogP contribution in [0.2, 0.25) is 0 Å². The largest absolute Gasteiger partial charge is 0.331 e. The van der Waals surface area contributed by atoms with Gasteiger partial charge in [-0.25, -0.2) is 9.18 Å². The number of anilines is 1. The predicted molar refractivity (Wildman–Crippen MR) is 78.1 cm³/mol. The molecule has 2 N–H and O–H groups in total. The zero-order chi connectivity index (χ0) is 14.5. The highest BCUT2D eigenvalue weighted by atomic mass is 19.1. The molecule has 0 aliphatic heterocycles. The third-order valence-electron chi connectivity index (χ3n) is 3.02. The fourth-order valence-corrected chi connectivity index (χ4v) is 1.90. The van der Waals surface area contributed by atoms with E-state index in [-0.39, 0.29) is 11.7 Å². The number of carbonyl (C=O) groups is 1. The highest BCUT2D eigenvalue weighted by Crippen LogP contribution is 2.16. The van der Waals surface area contributed by atoms with Gasteiger partial charge in [-0.05, 0) is 37.1 Å². The molecule has 20 heavy (non-hydrogen) atoms. The molecule has 0 saturated carbocycles. The van der Waals surface area contributed by atoms with Crippen molar-refractivity contribution in [1.82, 2.24) is 5.32 Å². The topological polar surface area (TPSA) is 41.1 Å². The number of hydrogen-bond donors (Lipinski definition) is 2. The van der Waals surface area contributed by atoms with E-state index in [0.29, 0.717) is 0 Å². The summed E-state index contributed by atoms with van der Waals surface area (Å²) in [5.41, 5.74) is 1.98. The van der Waals surface area contributed by atoms with Gasteiger partial charge in [0.2, 0.25) is 0 Å². The summed E-state index contributed by atoms with van der Waals surface area (Å²) >= 11 is 0. The molecule has 2 aromatic rings. The maximum absolute atomic E-state index is 13.6. The van der Waals surface area contributed by atoms with E-state index in [1.165, 1.54) is 6.07 Å². The SMILES string of the molecule is Cc1ccc(NC(=O)N[C@@H](C)c2ccccc2)c(F)c1. The molecule has 0 saturated heterocycles. The molecule has 2 amide bonds. The summed E-state index contributed by atoms with van der Waals surface area (Å²) < 4.78 is 13.6. The Balaban J connectivity index is 1.99. The van der Waals surface area contributed by atoms with Crippen LogP contribution < -0.4 is 10.6 Å². The van der Waals surface area contributed by atoms with Gasteiger partial charge in [0.15, 0.2) is 0 Å². The van der Waals surface area contributed by atoms with Crippen molar-refractivity contribution in [1.29, 1.82) is 0 Å². The van der Waals surface area contributed by atoms with E-state index in [4.69, 9.17) is 0 Å². The van der Waals surface area contributed by atoms with Crippen molar-refractivity contribution in [3.05, 3.63) is 65.5 Å². The number of nitrogens with one attached hydrogen (secondary N) is 2. The molecule has 0 spiro atoms. The second-order valence-corrected chi connectivity index (χ2v) is 4.71. The summed E-state index contributed by atoms with van der Waals surface area (Å²) in [6.07, 6.45) is 0. The Kier molecular flexibility index (Phi) is 4.35. The lowest BCUT2D eigenvalue weighted by atomic mass is 10.1. The number of halogens is 1. The van der Waals surface area contributed by atoms with E-state index in [2.05, 4.69) is 10.6 Å². The number of amides is 2. The van der Waals surface area contributed by atoms with Crippen molar-refractivity contribution in [2.75, 3.05) is 5.32 Å². The van der Waals surface area contributed by atoms with Gasteiger partial charge < -0.3 is 10.6 Å². The first-order chi connectivity index (χ1) is 9.56. The Hall–Kier alpha value is -2.36. The van der Waals surface area contributed by atoms with Gasteiger partial charge in [0.1, 0.15) is 5.82 Å². The van der Waals surface area contributed by atoms with Crippen LogP contribution in [0.4, 0.5) is 14.9 Å². The summed E-state index contributed by atoms with van der Waals surface area (Å²) in [6.45, 7) is 3.67. The van der Waals surface area contributed by atoms with E-state index in [9.17, 15) is 9.18 Å². The van der Waals surface area contributed by atoms with Gasteiger partial charge in [-0.1, -0.05) is 36.4 Å². The molecule has 0 radical (unpaired) electrons. The van der Waals surface area contributed by atoms with Crippen molar-refractivity contribution in [2.24, 2.45) is 0 Å². The molecular weight excluding hydrogens is 255 g/mol. The van der Waals surface area contributed by atoms with Gasteiger partial charge in [0.25, 0.3) is 0 Å². The Morgan fingerprint density at radius 3 is 2.50 bits per heavy atom. The van der Waals surface area contributed by atoms with Crippen LogP contribution in [0, 0.1) is 12.7 Å². The Labute approximate surface area is 117 Å². The van der Waals surface area contributed by atoms with Gasteiger partial charge >= 0.3 is 6.03 Å². The fourth-order valence-electron chi connectivity index (χ4n) is 1.90. The van der Waals surface area contributed by atoms with Crippen molar-refractivity contribution in [3.8, 4) is 0 Å². The molecule has 0 fully saturated rings. The Morgan fingerprint density at radius 1 is 1.15 bits per heavy atom. The number of carbonyl (C=O) groups excluding carboxylic acids is 1. The molecule has 1 atom stereocenters. The lowest BCUT2D eigenvalue weighted by Gasteiger charge is -2.15. The molecule has 2 rings (SSSR count). The molecule has 0 aromatic heterocycles. The van der Waals surface area contributed by atoms with Gasteiger partial charge in [-0.2, -0.15) is 0 Å².